The number of ether oxygens (including phenoxy) is 5. The highest BCUT2D eigenvalue weighted by molar-refractivity contribution is 7.09. The third-order valence-electron chi connectivity index (χ3n) is 22.1. The van der Waals surface area contributed by atoms with Gasteiger partial charge in [0, 0.05) is 129 Å². The smallest absolute Gasteiger partial charge is 0.411 e. The van der Waals surface area contributed by atoms with Gasteiger partial charge >= 0.3 is 12.1 Å². The summed E-state index contributed by atoms with van der Waals surface area (Å²) >= 11 is 1.46. The lowest BCUT2D eigenvalue weighted by molar-refractivity contribution is -0.148. The Labute approximate surface area is 699 Å². The van der Waals surface area contributed by atoms with E-state index in [-0.39, 0.29) is 149 Å². The number of benzene rings is 2. The highest BCUT2D eigenvalue weighted by Gasteiger charge is 2.46. The number of nitrogens with one attached hydrogen (secondary N) is 7. The molecule has 14 amide bonds. The second-order valence-corrected chi connectivity index (χ2v) is 33.4. The molecule has 13 atom stereocenters. The van der Waals surface area contributed by atoms with Crippen LogP contribution in [-0.2, 0) is 82.8 Å². The Morgan fingerprint density at radius 2 is 1.36 bits per heavy atom. The molecule has 2 unspecified atom stereocenters. The van der Waals surface area contributed by atoms with Crippen molar-refractivity contribution in [2.24, 2.45) is 47.2 Å². The summed E-state index contributed by atoms with van der Waals surface area (Å²) in [5, 5.41) is 22.3. The average molecular weight is 1670 g/mol. The zero-order valence-electron chi connectivity index (χ0n) is 71.9. The summed E-state index contributed by atoms with van der Waals surface area (Å²) < 4.78 is 29.6. The van der Waals surface area contributed by atoms with Gasteiger partial charge in [0.15, 0.2) is 0 Å². The van der Waals surface area contributed by atoms with Gasteiger partial charge in [-0.25, -0.2) is 14.6 Å². The molecule has 3 saturated heterocycles. The number of primary amides is 1. The van der Waals surface area contributed by atoms with E-state index in [1.54, 1.807) is 83.5 Å². The number of carbonyl (C=O) groups is 13. The van der Waals surface area contributed by atoms with Gasteiger partial charge in [0.2, 0.25) is 65.2 Å². The van der Waals surface area contributed by atoms with Gasteiger partial charge in [-0.1, -0.05) is 125 Å². The molecule has 2 aromatic carbocycles. The molecule has 0 saturated carbocycles. The minimum atomic E-state index is -1.56. The van der Waals surface area contributed by atoms with E-state index in [1.807, 2.05) is 70.5 Å². The van der Waals surface area contributed by atoms with Crippen molar-refractivity contribution in [3.63, 3.8) is 0 Å². The molecule has 118 heavy (non-hydrogen) atoms. The zero-order valence-corrected chi connectivity index (χ0v) is 72.7. The quantitative estimate of drug-likeness (QED) is 0.0253. The highest BCUT2D eigenvalue weighted by Crippen LogP contribution is 2.33. The summed E-state index contributed by atoms with van der Waals surface area (Å²) in [7, 11) is 7.98. The van der Waals surface area contributed by atoms with Gasteiger partial charge in [-0.15, -0.1) is 11.3 Å². The number of thiazole rings is 1. The van der Waals surface area contributed by atoms with Crippen LogP contribution in [0.15, 0.2) is 66.2 Å². The van der Waals surface area contributed by atoms with Crippen molar-refractivity contribution in [2.45, 2.75) is 207 Å². The molecule has 3 aliphatic rings. The largest absolute Gasteiger partial charge is 0.431 e. The molecule has 4 heterocycles. The number of nitrogens with zero attached hydrogens (tertiary/aromatic N) is 7. The first-order valence-electron chi connectivity index (χ1n) is 41.5. The Kier molecular flexibility index (Phi) is 40.3. The maximum Gasteiger partial charge on any atom is 0.411 e. The van der Waals surface area contributed by atoms with E-state index in [1.165, 1.54) is 49.8 Å². The summed E-state index contributed by atoms with van der Waals surface area (Å²) in [6.07, 6.45) is 0.758. The van der Waals surface area contributed by atoms with Crippen LogP contribution in [0.2, 0.25) is 0 Å². The average Bonchev–Trinajstić information content (AvgIpc) is 1.52. The number of urea groups is 1. The summed E-state index contributed by atoms with van der Waals surface area (Å²) in [5.74, 6) is -7.31. The number of imide groups is 1. The van der Waals surface area contributed by atoms with Gasteiger partial charge in [-0.3, -0.25) is 62.5 Å². The molecule has 3 aromatic rings. The fraction of sp³-hybridized carbons (Fsp3) is 0.667. The Balaban J connectivity index is 1.07. The monoisotopic (exact) mass is 1670 g/mol. The maximum absolute atomic E-state index is 15.2. The molecule has 0 radical (unpaired) electrons. The van der Waals surface area contributed by atoms with Crippen molar-refractivity contribution in [3.05, 3.63) is 82.3 Å². The van der Waals surface area contributed by atoms with E-state index in [2.05, 4.69) is 47.1 Å². The number of methoxy groups -OCH3 is 2. The second kappa shape index (κ2) is 48.7. The number of amides is 14. The van der Waals surface area contributed by atoms with Crippen LogP contribution in [-0.4, -0.2) is 274 Å². The first kappa shape index (κ1) is 97.6. The Morgan fingerprint density at radius 1 is 0.695 bits per heavy atom. The Bertz CT molecular complexity index is 3760. The standard InChI is InChI=1S/C84H131N15O18S/c1-17-55(10)72(64(113-15)50-68(103)98-36-22-26-63(98)73(114-16)56(11)75(104)91-62(79-87-35-46-118-79)48-57-23-19-18-20-24-57)95(13)81(109)70(53(6)7)93-78(107)71(54(8)9)96(14)84(112)117-74(82(110)97-40-38-94(12)39-41-97)58-27-29-60(30-28-58)89-76(105)61(25-21-33-88-83(85)111)90-77(106)69(52(4)5)92-66(101)32-42-115-44-45-116-43-34-86-65(100)31-37-99-67(102)49-59(80(99)108)47-51(2)3/h18-20,23-24,27-30,35,46,51-56,59,61-64,69-74H,17,21-22,25-26,31-34,36-45,47-50H2,1-16H3,(H,86,100)(H,89,105)(H,90,106)(H,91,104)(H,92,101)(H,93,107)(H3,85,88,111)/t55-,56+,59?,61-,62-,63-,64+,69-,70-,71-,72-,73+,74?/m0/s1. The SMILES string of the molecule is CC[C@H](C)[C@@H]([C@@H](CC(=O)N1CCC[C@H]1[C@H](OC)[C@@H](C)C(=O)N[C@@H](Cc1ccccc1)c1nccs1)OC)N(C)C(=O)[C@@H](NC(=O)[C@H](C(C)C)N(C)C(=O)OC(C(=O)N1CCN(C)CC1)c1ccc(NC(=O)[C@H](CCCNC(N)=O)NC(=O)[C@@H](NC(=O)CCOCCOCCNC(=O)CCN2C(=O)CC(CC(C)C)C2=O)C(C)C)cc1)C(C)C. The Hall–Kier alpha value is -9.22. The maximum atomic E-state index is 15.2. The lowest BCUT2D eigenvalue weighted by Gasteiger charge is -2.41. The van der Waals surface area contributed by atoms with Crippen molar-refractivity contribution < 1.29 is 86.0 Å². The van der Waals surface area contributed by atoms with E-state index >= 15 is 4.79 Å². The summed E-state index contributed by atoms with van der Waals surface area (Å²) in [5.41, 5.74) is 6.80. The van der Waals surface area contributed by atoms with Gasteiger partial charge in [0.25, 0.3) is 5.91 Å². The molecule has 6 rings (SSSR count). The third kappa shape index (κ3) is 29.3. The van der Waals surface area contributed by atoms with Crippen molar-refractivity contribution in [1.29, 1.82) is 0 Å². The molecule has 9 N–H and O–H groups in total. The van der Waals surface area contributed by atoms with Gasteiger partial charge in [0.05, 0.1) is 69.1 Å². The summed E-state index contributed by atoms with van der Waals surface area (Å²) in [6, 6.07) is 8.84. The molecule has 3 fully saturated rings. The fourth-order valence-electron chi connectivity index (χ4n) is 15.3. The molecular weight excluding hydrogens is 1540 g/mol. The van der Waals surface area contributed by atoms with Crippen LogP contribution in [0.1, 0.15) is 169 Å². The van der Waals surface area contributed by atoms with E-state index < -0.39 is 126 Å². The van der Waals surface area contributed by atoms with Gasteiger partial charge < -0.3 is 86.2 Å². The molecule has 0 bridgehead atoms. The minimum Gasteiger partial charge on any atom is -0.431 e. The van der Waals surface area contributed by atoms with Gasteiger partial charge in [-0.05, 0) is 92.9 Å². The van der Waals surface area contributed by atoms with Crippen LogP contribution in [0, 0.1) is 41.4 Å². The number of aromatic nitrogens is 1. The van der Waals surface area contributed by atoms with Crippen LogP contribution in [0.25, 0.3) is 0 Å². The second-order valence-electron chi connectivity index (χ2n) is 32.5. The molecule has 0 spiro atoms. The number of rotatable bonds is 48. The van der Waals surface area contributed by atoms with E-state index in [9.17, 15) is 57.5 Å². The number of likely N-dealkylation sites (N-methyl/N-ethyl adjacent to an activating group) is 3. The molecule has 656 valence electrons. The van der Waals surface area contributed by atoms with Crippen molar-refractivity contribution in [3.8, 4) is 0 Å². The van der Waals surface area contributed by atoms with E-state index in [4.69, 9.17) is 29.4 Å². The van der Waals surface area contributed by atoms with Crippen LogP contribution in [0.5, 0.6) is 0 Å². The predicted octanol–water partition coefficient (Wildman–Crippen LogP) is 5.58. The van der Waals surface area contributed by atoms with Crippen molar-refractivity contribution >= 4 is 94.1 Å². The molecule has 0 aliphatic carbocycles. The zero-order chi connectivity index (χ0) is 87.0. The molecule has 1 aromatic heterocycles. The number of anilines is 1. The minimum absolute atomic E-state index is 0.0111. The van der Waals surface area contributed by atoms with Crippen LogP contribution >= 0.6 is 11.3 Å². The number of hydrogen-bond acceptors (Lipinski definition) is 21. The predicted molar refractivity (Wildman–Crippen MR) is 444 cm³/mol. The fourth-order valence-corrected chi connectivity index (χ4v) is 16.0. The molecular formula is C84H131N15O18S. The van der Waals surface area contributed by atoms with Crippen molar-refractivity contribution in [1.82, 2.24) is 66.3 Å². The van der Waals surface area contributed by atoms with E-state index in [0.29, 0.717) is 64.8 Å². The first-order valence-corrected chi connectivity index (χ1v) is 42.4. The first-order chi connectivity index (χ1) is 56.1. The third-order valence-corrected chi connectivity index (χ3v) is 23.0. The number of carbonyl (C=O) groups excluding carboxylic acids is 13. The number of hydrogen-bond donors (Lipinski definition) is 8. The highest BCUT2D eigenvalue weighted by atomic mass is 32.1. The van der Waals surface area contributed by atoms with Crippen LogP contribution < -0.4 is 43.0 Å². The normalized spacial score (nSPS) is 18.0. The molecule has 3 aliphatic heterocycles. The van der Waals surface area contributed by atoms with E-state index in [0.717, 1.165) is 20.4 Å². The topological polar surface area (TPSA) is 411 Å². The lowest BCUT2D eigenvalue weighted by atomic mass is 9.89. The Morgan fingerprint density at radius 3 is 1.97 bits per heavy atom. The summed E-state index contributed by atoms with van der Waals surface area (Å²) in [4.78, 5) is 193. The van der Waals surface area contributed by atoms with Crippen LogP contribution in [0.3, 0.4) is 0 Å². The number of likely N-dealkylation sites (tertiary alicyclic amines) is 2. The van der Waals surface area contributed by atoms with Gasteiger partial charge in [-0.2, -0.15) is 0 Å². The number of nitrogens with two attached hydrogens (primary N) is 1. The molecule has 34 heteroatoms. The van der Waals surface area contributed by atoms with Gasteiger partial charge in [0.1, 0.15) is 29.2 Å². The molecule has 33 nitrogen and oxygen atoms in total. The van der Waals surface area contributed by atoms with Crippen molar-refractivity contribution in [2.75, 3.05) is 119 Å². The van der Waals surface area contributed by atoms with Crippen LogP contribution in [0.4, 0.5) is 15.3 Å². The lowest BCUT2D eigenvalue weighted by Crippen LogP contribution is -2.60. The number of piperazine rings is 1. The summed E-state index contributed by atoms with van der Waals surface area (Å²) in [6.45, 7) is 23.0.